The standard InChI is InChI=1S/C57H39N3/c1-3-14-39(15-4-1)40-26-28-41(29-27-40)42-30-32-45(33-31-42)58(55-25-13-22-49-48-19-8-7-16-43(48)38-52(49)55)46-34-36-47(37-35-46)60-54-24-12-10-21-51(54)56-50-20-9-11-23-53(50)59(57(56)60)44-17-5-2-6-18-44/h1-37H,38H2. The minimum Gasteiger partial charge on any atom is -0.310 e. The summed E-state index contributed by atoms with van der Waals surface area (Å²) in [5, 5.41) is 3.77. The maximum atomic E-state index is 2.45. The van der Waals surface area contributed by atoms with Gasteiger partial charge in [-0.2, -0.15) is 0 Å². The van der Waals surface area contributed by atoms with Crippen molar-refractivity contribution in [1.29, 1.82) is 0 Å². The molecular weight excluding hydrogens is 727 g/mol. The van der Waals surface area contributed by atoms with Crippen LogP contribution < -0.4 is 4.90 Å². The largest absolute Gasteiger partial charge is 0.310 e. The minimum atomic E-state index is 0.902. The molecule has 2 heterocycles. The van der Waals surface area contributed by atoms with E-state index in [1.807, 2.05) is 0 Å². The van der Waals surface area contributed by atoms with E-state index in [4.69, 9.17) is 0 Å². The number of para-hydroxylation sites is 3. The Morgan fingerprint density at radius 3 is 1.45 bits per heavy atom. The van der Waals surface area contributed by atoms with Crippen molar-refractivity contribution in [2.75, 3.05) is 4.90 Å². The molecule has 0 saturated heterocycles. The number of aromatic nitrogens is 2. The van der Waals surface area contributed by atoms with Gasteiger partial charge in [-0.25, -0.2) is 0 Å². The average Bonchev–Trinajstić information content (AvgIpc) is 3.98. The summed E-state index contributed by atoms with van der Waals surface area (Å²) in [7, 11) is 0. The molecule has 1 aliphatic carbocycles. The SMILES string of the molecule is c1ccc(-c2ccc(-c3ccc(N(c4ccc(-n5c6ccccc6c6c7ccccc7n(-c7ccccc7)c65)cc4)c4cccc5c4Cc4ccccc4-5)cc3)cc2)cc1. The van der Waals surface area contributed by atoms with Gasteiger partial charge in [0.05, 0.1) is 16.7 Å². The fourth-order valence-corrected chi connectivity index (χ4v) is 9.61. The summed E-state index contributed by atoms with van der Waals surface area (Å²) >= 11 is 0. The summed E-state index contributed by atoms with van der Waals surface area (Å²) in [6.45, 7) is 0. The normalized spacial score (nSPS) is 11.9. The lowest BCUT2D eigenvalue weighted by molar-refractivity contribution is 1.07. The number of rotatable bonds is 7. The van der Waals surface area contributed by atoms with E-state index in [-0.39, 0.29) is 0 Å². The summed E-state index contributed by atoms with van der Waals surface area (Å²) in [6, 6.07) is 81.7. The highest BCUT2D eigenvalue weighted by atomic mass is 15.2. The minimum absolute atomic E-state index is 0.902. The zero-order valence-corrected chi connectivity index (χ0v) is 32.9. The first-order valence-electron chi connectivity index (χ1n) is 20.7. The fourth-order valence-electron chi connectivity index (χ4n) is 9.61. The van der Waals surface area contributed by atoms with Crippen molar-refractivity contribution in [1.82, 2.24) is 9.13 Å². The lowest BCUT2D eigenvalue weighted by Gasteiger charge is -2.28. The smallest absolute Gasteiger partial charge is 0.131 e. The predicted octanol–water partition coefficient (Wildman–Crippen LogP) is 15.1. The average molecular weight is 766 g/mol. The number of hydrogen-bond acceptors (Lipinski definition) is 1. The van der Waals surface area contributed by atoms with Crippen LogP contribution in [-0.4, -0.2) is 9.13 Å². The van der Waals surface area contributed by atoms with E-state index in [9.17, 15) is 0 Å². The molecule has 0 aliphatic heterocycles. The predicted molar refractivity (Wildman–Crippen MR) is 251 cm³/mol. The quantitative estimate of drug-likeness (QED) is 0.157. The van der Waals surface area contributed by atoms with E-state index in [0.717, 1.165) is 29.2 Å². The maximum absolute atomic E-state index is 2.45. The van der Waals surface area contributed by atoms with Crippen LogP contribution in [0.25, 0.3) is 77.6 Å². The molecule has 0 spiro atoms. The first-order valence-corrected chi connectivity index (χ1v) is 20.7. The van der Waals surface area contributed by atoms with Gasteiger partial charge < -0.3 is 4.90 Å². The molecule has 0 unspecified atom stereocenters. The molecule has 3 heteroatoms. The van der Waals surface area contributed by atoms with Crippen molar-refractivity contribution in [3.05, 3.63) is 236 Å². The number of fused-ring (bicyclic) bond motifs is 8. The number of benzene rings is 9. The van der Waals surface area contributed by atoms with Gasteiger partial charge in [-0.3, -0.25) is 9.13 Å². The zero-order valence-electron chi connectivity index (χ0n) is 32.9. The Hall–Kier alpha value is -7.88. The molecule has 12 rings (SSSR count). The molecule has 0 bridgehead atoms. The molecule has 0 N–H and O–H groups in total. The van der Waals surface area contributed by atoms with Gasteiger partial charge >= 0.3 is 0 Å². The second-order valence-corrected chi connectivity index (χ2v) is 15.7. The Balaban J connectivity index is 1.00. The van der Waals surface area contributed by atoms with Gasteiger partial charge in [-0.15, -0.1) is 0 Å². The Morgan fingerprint density at radius 2 is 0.817 bits per heavy atom. The lowest BCUT2D eigenvalue weighted by atomic mass is 9.99. The highest BCUT2D eigenvalue weighted by Crippen LogP contribution is 2.47. The van der Waals surface area contributed by atoms with Gasteiger partial charge in [-0.1, -0.05) is 158 Å². The Bertz CT molecular complexity index is 3360. The van der Waals surface area contributed by atoms with Crippen molar-refractivity contribution in [3.8, 4) is 44.8 Å². The van der Waals surface area contributed by atoms with Crippen LogP contribution in [0.5, 0.6) is 0 Å². The molecule has 60 heavy (non-hydrogen) atoms. The summed E-state index contributed by atoms with van der Waals surface area (Å²) < 4.78 is 4.87. The summed E-state index contributed by atoms with van der Waals surface area (Å²) in [4.78, 5) is 2.45. The molecule has 9 aromatic carbocycles. The van der Waals surface area contributed by atoms with Gasteiger partial charge in [0, 0.05) is 45.3 Å². The van der Waals surface area contributed by atoms with E-state index >= 15 is 0 Å². The van der Waals surface area contributed by atoms with Gasteiger partial charge in [-0.05, 0) is 111 Å². The van der Waals surface area contributed by atoms with Crippen LogP contribution in [0.2, 0.25) is 0 Å². The van der Waals surface area contributed by atoms with Crippen LogP contribution in [0, 0.1) is 0 Å². The third-order valence-electron chi connectivity index (χ3n) is 12.4. The molecule has 0 amide bonds. The van der Waals surface area contributed by atoms with E-state index in [2.05, 4.69) is 238 Å². The Kier molecular flexibility index (Phi) is 7.92. The van der Waals surface area contributed by atoms with Crippen LogP contribution in [0.4, 0.5) is 17.1 Å². The second-order valence-electron chi connectivity index (χ2n) is 15.7. The van der Waals surface area contributed by atoms with E-state index < -0.39 is 0 Å². The van der Waals surface area contributed by atoms with Gasteiger partial charge in [0.1, 0.15) is 5.65 Å². The maximum Gasteiger partial charge on any atom is 0.131 e. The monoisotopic (exact) mass is 765 g/mol. The molecule has 282 valence electrons. The van der Waals surface area contributed by atoms with Crippen LogP contribution in [0.1, 0.15) is 11.1 Å². The highest BCUT2D eigenvalue weighted by Gasteiger charge is 2.26. The van der Waals surface area contributed by atoms with Crippen molar-refractivity contribution < 1.29 is 0 Å². The van der Waals surface area contributed by atoms with Crippen molar-refractivity contribution in [3.63, 3.8) is 0 Å². The van der Waals surface area contributed by atoms with E-state index in [1.165, 1.54) is 83.0 Å². The number of hydrogen-bond donors (Lipinski definition) is 0. The fraction of sp³-hybridized carbons (Fsp3) is 0.0175. The van der Waals surface area contributed by atoms with Crippen molar-refractivity contribution >= 4 is 49.9 Å². The van der Waals surface area contributed by atoms with Crippen LogP contribution in [-0.2, 0) is 6.42 Å². The van der Waals surface area contributed by atoms with Crippen LogP contribution >= 0.6 is 0 Å². The van der Waals surface area contributed by atoms with Gasteiger partial charge in [0.25, 0.3) is 0 Å². The Morgan fingerprint density at radius 1 is 0.350 bits per heavy atom. The van der Waals surface area contributed by atoms with Gasteiger partial charge in [0.15, 0.2) is 0 Å². The van der Waals surface area contributed by atoms with Crippen molar-refractivity contribution in [2.24, 2.45) is 0 Å². The van der Waals surface area contributed by atoms with E-state index in [1.54, 1.807) is 0 Å². The molecule has 1 aliphatic rings. The second kappa shape index (κ2) is 13.9. The summed E-state index contributed by atoms with van der Waals surface area (Å²) in [6.07, 6.45) is 0.902. The molecule has 0 saturated carbocycles. The topological polar surface area (TPSA) is 13.1 Å². The summed E-state index contributed by atoms with van der Waals surface area (Å²) in [5.41, 5.74) is 19.5. The third-order valence-corrected chi connectivity index (χ3v) is 12.4. The van der Waals surface area contributed by atoms with Gasteiger partial charge in [0.2, 0.25) is 0 Å². The Labute approximate surface area is 349 Å². The lowest BCUT2D eigenvalue weighted by Crippen LogP contribution is -2.12. The molecule has 11 aromatic rings. The van der Waals surface area contributed by atoms with E-state index in [0.29, 0.717) is 0 Å². The first-order chi connectivity index (χ1) is 29.8. The number of nitrogens with zero attached hydrogens (tertiary/aromatic N) is 3. The van der Waals surface area contributed by atoms with Crippen LogP contribution in [0.3, 0.4) is 0 Å². The van der Waals surface area contributed by atoms with Crippen molar-refractivity contribution in [2.45, 2.75) is 6.42 Å². The first kappa shape index (κ1) is 34.2. The molecule has 0 fully saturated rings. The highest BCUT2D eigenvalue weighted by molar-refractivity contribution is 6.22. The summed E-state index contributed by atoms with van der Waals surface area (Å²) in [5.74, 6) is 0. The molecule has 3 nitrogen and oxygen atoms in total. The molecule has 2 aromatic heterocycles. The zero-order chi connectivity index (χ0) is 39.6. The molecular formula is C57H39N3. The number of anilines is 3. The molecule has 0 radical (unpaired) electrons. The third kappa shape index (κ3) is 5.44. The van der Waals surface area contributed by atoms with Crippen LogP contribution in [0.15, 0.2) is 224 Å². The molecule has 0 atom stereocenters.